The molecule has 2 amide bonds. The van der Waals surface area contributed by atoms with Crippen LogP contribution in [-0.2, 0) is 0 Å². The van der Waals surface area contributed by atoms with Crippen molar-refractivity contribution < 1.29 is 14.4 Å². The number of amides is 2. The van der Waals surface area contributed by atoms with Gasteiger partial charge < -0.3 is 36.0 Å². The number of aromatic nitrogens is 4. The number of hydrogen-bond donors (Lipinski definition) is 4. The zero-order valence-corrected chi connectivity index (χ0v) is 39.3. The number of benzene rings is 4. The Bertz CT molecular complexity index is 2530. The molecule has 0 aliphatic carbocycles. The van der Waals surface area contributed by atoms with Crippen LogP contribution in [0.25, 0.3) is 28.5 Å². The van der Waals surface area contributed by atoms with E-state index in [0.717, 1.165) is 54.3 Å². The summed E-state index contributed by atoms with van der Waals surface area (Å²) in [5.74, 6) is 1.34. The number of hydrogen-bond acceptors (Lipinski definition) is 12. The smallest absolute Gasteiger partial charge is 0.274 e. The highest BCUT2D eigenvalue weighted by Gasteiger charge is 2.20. The van der Waals surface area contributed by atoms with E-state index in [9.17, 15) is 14.4 Å². The van der Waals surface area contributed by atoms with E-state index in [4.69, 9.17) is 0 Å². The second kappa shape index (κ2) is 25.3. The van der Waals surface area contributed by atoms with Gasteiger partial charge in [0.2, 0.25) is 0 Å². The van der Waals surface area contributed by atoms with Crippen LogP contribution in [0.15, 0.2) is 128 Å². The lowest BCUT2D eigenvalue weighted by atomic mass is 10.1. The maximum absolute atomic E-state index is 13.3. The van der Waals surface area contributed by atoms with Crippen LogP contribution in [0.4, 0.5) is 23.0 Å². The molecule has 1 aliphatic heterocycles. The summed E-state index contributed by atoms with van der Waals surface area (Å²) < 4.78 is 0. The topological polar surface area (TPSA) is 161 Å². The van der Waals surface area contributed by atoms with Crippen molar-refractivity contribution in [1.82, 2.24) is 34.6 Å². The summed E-state index contributed by atoms with van der Waals surface area (Å²) in [5.41, 5.74) is 5.70. The number of carbonyl (C=O) groups excluding carboxylic acids is 3. The predicted molar refractivity (Wildman–Crippen MR) is 269 cm³/mol. The first-order valence-electron chi connectivity index (χ1n) is 22.4. The first-order valence-corrected chi connectivity index (χ1v) is 22.4. The van der Waals surface area contributed by atoms with E-state index >= 15 is 0 Å². The highest BCUT2D eigenvalue weighted by molar-refractivity contribution is 6.08. The van der Waals surface area contributed by atoms with Gasteiger partial charge in [0.05, 0.1) is 11.4 Å². The van der Waals surface area contributed by atoms with Gasteiger partial charge in [-0.2, -0.15) is 0 Å². The van der Waals surface area contributed by atoms with Gasteiger partial charge in [-0.05, 0) is 66.2 Å². The average molecular weight is 890 g/mol. The zero-order chi connectivity index (χ0) is 47.4. The van der Waals surface area contributed by atoms with Crippen LogP contribution in [0, 0.1) is 0 Å². The van der Waals surface area contributed by atoms with Crippen molar-refractivity contribution in [1.29, 1.82) is 0 Å². The lowest BCUT2D eigenvalue weighted by molar-refractivity contribution is 0.101. The van der Waals surface area contributed by atoms with Crippen molar-refractivity contribution in [3.8, 4) is 22.8 Å². The molecular formula is C52H63N11O3. The highest BCUT2D eigenvalue weighted by Crippen LogP contribution is 2.29. The zero-order valence-electron chi connectivity index (χ0n) is 39.3. The van der Waals surface area contributed by atoms with Crippen LogP contribution in [0.2, 0.25) is 0 Å². The number of nitrogens with one attached hydrogen (secondary N) is 4. The van der Waals surface area contributed by atoms with Crippen LogP contribution in [0.5, 0.6) is 0 Å². The van der Waals surface area contributed by atoms with Crippen molar-refractivity contribution in [2.45, 2.75) is 33.6 Å². The number of rotatable bonds is 17. The number of ketones is 1. The molecule has 66 heavy (non-hydrogen) atoms. The molecule has 7 rings (SSSR count). The number of anilines is 4. The summed E-state index contributed by atoms with van der Waals surface area (Å²) in [6.07, 6.45) is 2.33. The Hall–Kier alpha value is -7.29. The molecule has 1 fully saturated rings. The Kier molecular flexibility index (Phi) is 19.0. The fraction of sp³-hybridized carbons (Fsp3) is 0.288. The normalized spacial score (nSPS) is 11.7. The average Bonchev–Trinajstić information content (AvgIpc) is 3.88. The molecule has 1 saturated heterocycles. The Morgan fingerprint density at radius 1 is 0.576 bits per heavy atom. The fourth-order valence-electron chi connectivity index (χ4n) is 6.83. The number of para-hydroxylation sites is 2. The molecule has 1 aliphatic rings. The molecule has 344 valence electrons. The van der Waals surface area contributed by atoms with E-state index in [0.29, 0.717) is 53.3 Å². The third-order valence-electron chi connectivity index (χ3n) is 10.2. The summed E-state index contributed by atoms with van der Waals surface area (Å²) >= 11 is 0. The maximum atomic E-state index is 13.3. The van der Waals surface area contributed by atoms with Gasteiger partial charge in [-0.25, -0.2) is 19.9 Å². The van der Waals surface area contributed by atoms with Crippen molar-refractivity contribution in [3.05, 3.63) is 150 Å². The van der Waals surface area contributed by atoms with Gasteiger partial charge in [0, 0.05) is 79.4 Å². The summed E-state index contributed by atoms with van der Waals surface area (Å²) in [6.45, 7) is 14.8. The number of likely N-dealkylation sites (tertiary alicyclic amines) is 1. The number of carbonyl (C=O) groups is 3. The van der Waals surface area contributed by atoms with E-state index in [1.54, 1.807) is 36.4 Å². The van der Waals surface area contributed by atoms with Gasteiger partial charge in [0.1, 0.15) is 23.0 Å². The third kappa shape index (κ3) is 14.6. The Labute approximate surface area is 389 Å². The summed E-state index contributed by atoms with van der Waals surface area (Å²) in [4.78, 5) is 62.8. The van der Waals surface area contributed by atoms with Gasteiger partial charge in [0.25, 0.3) is 11.8 Å². The molecule has 0 atom stereocenters. The minimum absolute atomic E-state index is 0.121. The second-order valence-corrected chi connectivity index (χ2v) is 15.8. The minimum atomic E-state index is -0.404. The SMILES string of the molecule is C=C(c1ccccc1NC(=O)c1cc(NCCN(C)C)nc(-c2ccccc2)n1)N1CCCC1.CC.CC(=O)c1ccccc1NC(=O)c1cc(NCCN(C)C)nc(-c2ccccc2)n1. The molecule has 0 spiro atoms. The van der Waals surface area contributed by atoms with E-state index < -0.39 is 5.91 Å². The standard InChI is InChI=1S/C27H32N6O.C23H25N5O2.C2H6/c1-20(33-16-9-10-17-33)22-13-7-8-14-23(22)30-27(34)24-19-25(28-15-18-32(2)3)31-26(29-24)21-11-5-4-6-12-21;1-16(29)18-11-7-8-12-19(18)26-23(30)20-15-21(24-13-14-28(2)3)27-22(25-20)17-9-5-4-6-10-17;1-2/h4-8,11-14,19H,1,9-10,15-18H2,2-3H3,(H,30,34)(H,28,29,31);4-12,15H,13-14H2,1-3H3,(H,26,30)(H,24,25,27);1-2H3. The quantitative estimate of drug-likeness (QED) is 0.0645. The molecule has 4 aromatic carbocycles. The molecule has 0 radical (unpaired) electrons. The lowest BCUT2D eigenvalue weighted by Crippen LogP contribution is -2.22. The summed E-state index contributed by atoms with van der Waals surface area (Å²) in [7, 11) is 8.01. The molecule has 4 N–H and O–H groups in total. The number of likely N-dealkylation sites (N-methyl/N-ethyl adjacent to an activating group) is 2. The van der Waals surface area contributed by atoms with Crippen molar-refractivity contribution in [2.75, 3.05) is 88.7 Å². The van der Waals surface area contributed by atoms with E-state index in [2.05, 4.69) is 62.5 Å². The predicted octanol–water partition coefficient (Wildman–Crippen LogP) is 9.03. The van der Waals surface area contributed by atoms with Gasteiger partial charge in [0.15, 0.2) is 17.4 Å². The fourth-order valence-corrected chi connectivity index (χ4v) is 6.83. The largest absolute Gasteiger partial charge is 0.371 e. The monoisotopic (exact) mass is 890 g/mol. The van der Waals surface area contributed by atoms with Crippen LogP contribution < -0.4 is 21.3 Å². The Balaban J connectivity index is 0.000000240. The van der Waals surface area contributed by atoms with Crippen LogP contribution in [-0.4, -0.2) is 120 Å². The van der Waals surface area contributed by atoms with Gasteiger partial charge in [-0.3, -0.25) is 14.4 Å². The van der Waals surface area contributed by atoms with Crippen LogP contribution in [0.1, 0.15) is 70.5 Å². The number of nitrogens with zero attached hydrogens (tertiary/aromatic N) is 7. The second-order valence-electron chi connectivity index (χ2n) is 15.8. The molecule has 0 bridgehead atoms. The minimum Gasteiger partial charge on any atom is -0.371 e. The van der Waals surface area contributed by atoms with Gasteiger partial charge in [-0.1, -0.05) is 111 Å². The lowest BCUT2D eigenvalue weighted by Gasteiger charge is -2.22. The molecule has 14 heteroatoms. The van der Waals surface area contributed by atoms with E-state index in [1.807, 2.05) is 127 Å². The molecule has 3 heterocycles. The van der Waals surface area contributed by atoms with E-state index in [-0.39, 0.29) is 17.4 Å². The maximum Gasteiger partial charge on any atom is 0.274 e. The molecule has 0 saturated carbocycles. The summed E-state index contributed by atoms with van der Waals surface area (Å²) in [5, 5.41) is 12.4. The van der Waals surface area contributed by atoms with Crippen molar-refractivity contribution >= 4 is 46.3 Å². The first-order chi connectivity index (χ1) is 31.9. The van der Waals surface area contributed by atoms with Crippen molar-refractivity contribution in [2.24, 2.45) is 0 Å². The molecule has 14 nitrogen and oxygen atoms in total. The van der Waals surface area contributed by atoms with Gasteiger partial charge in [-0.15, -0.1) is 0 Å². The third-order valence-corrected chi connectivity index (χ3v) is 10.2. The van der Waals surface area contributed by atoms with E-state index in [1.165, 1.54) is 19.8 Å². The molecule has 2 aromatic heterocycles. The summed E-state index contributed by atoms with van der Waals surface area (Å²) in [6, 6.07) is 37.2. The van der Waals surface area contributed by atoms with Crippen LogP contribution in [0.3, 0.4) is 0 Å². The molecular weight excluding hydrogens is 827 g/mol. The molecule has 6 aromatic rings. The number of Topliss-reactive ketones (excluding diaryl/α,β-unsaturated/α-hetero) is 1. The van der Waals surface area contributed by atoms with Crippen molar-refractivity contribution in [3.63, 3.8) is 0 Å². The highest BCUT2D eigenvalue weighted by atomic mass is 16.2. The van der Waals surface area contributed by atoms with Crippen LogP contribution >= 0.6 is 0 Å². The molecule has 0 unspecified atom stereocenters. The van der Waals surface area contributed by atoms with Gasteiger partial charge >= 0.3 is 0 Å². The Morgan fingerprint density at radius 2 is 0.970 bits per heavy atom. The first kappa shape index (κ1) is 49.7. The Morgan fingerprint density at radius 3 is 1.39 bits per heavy atom.